The van der Waals surface area contributed by atoms with Gasteiger partial charge in [0.15, 0.2) is 4.96 Å². The van der Waals surface area contributed by atoms with Gasteiger partial charge < -0.3 is 9.73 Å². The van der Waals surface area contributed by atoms with Gasteiger partial charge in [-0.05, 0) is 50.1 Å². The summed E-state index contributed by atoms with van der Waals surface area (Å²) in [5.41, 5.74) is 5.07. The second-order valence-corrected chi connectivity index (χ2v) is 9.16. The van der Waals surface area contributed by atoms with Gasteiger partial charge in [-0.25, -0.2) is 9.67 Å². The highest BCUT2D eigenvalue weighted by Crippen LogP contribution is 2.25. The molecule has 0 unspecified atom stereocenters. The summed E-state index contributed by atoms with van der Waals surface area (Å²) in [6.45, 7) is 6.19. The summed E-state index contributed by atoms with van der Waals surface area (Å²) in [7, 11) is 0. The molecule has 1 aromatic carbocycles. The molecule has 1 N–H and O–H groups in total. The van der Waals surface area contributed by atoms with Crippen LogP contribution in [0.2, 0.25) is 0 Å². The molecule has 0 radical (unpaired) electrons. The van der Waals surface area contributed by atoms with Crippen LogP contribution in [0.15, 0.2) is 63.3 Å². The molecule has 5 aromatic rings. The van der Waals surface area contributed by atoms with Gasteiger partial charge in [-0.15, -0.1) is 11.3 Å². The Morgan fingerprint density at radius 1 is 1.17 bits per heavy atom. The largest absolute Gasteiger partial charge is 0.467 e. The lowest BCUT2D eigenvalue weighted by atomic mass is 10.1. The molecule has 1 amide bonds. The fraction of sp³-hybridized carbons (Fsp3) is 0.231. The fourth-order valence-corrected chi connectivity index (χ4v) is 5.13. The number of furan rings is 1. The van der Waals surface area contributed by atoms with Gasteiger partial charge >= 0.3 is 0 Å². The molecular formula is C26H25N5O3S. The minimum Gasteiger partial charge on any atom is -0.467 e. The lowest BCUT2D eigenvalue weighted by Gasteiger charge is -2.09. The standard InChI is InChI=1S/C26H25N5O3S/c1-4-18-8-5-6-10-22(18)31-16(2)12-21(29-31)24-17(3)28-26-30(25(24)33)19(15-35-26)13-23(32)27-14-20-9-7-11-34-20/h5-12,15H,4,13-14H2,1-3H3,(H,27,32). The number of nitrogens with zero attached hydrogens (tertiary/aromatic N) is 4. The van der Waals surface area contributed by atoms with Crippen LogP contribution in [0, 0.1) is 13.8 Å². The number of aryl methyl sites for hydroxylation is 3. The van der Waals surface area contributed by atoms with Gasteiger partial charge in [-0.3, -0.25) is 14.0 Å². The molecule has 5 rings (SSSR count). The zero-order valence-electron chi connectivity index (χ0n) is 19.7. The van der Waals surface area contributed by atoms with Crippen molar-refractivity contribution in [2.24, 2.45) is 0 Å². The van der Waals surface area contributed by atoms with Crippen LogP contribution in [0.3, 0.4) is 0 Å². The Labute approximate surface area is 205 Å². The van der Waals surface area contributed by atoms with Crippen molar-refractivity contribution in [3.8, 4) is 16.9 Å². The van der Waals surface area contributed by atoms with E-state index in [4.69, 9.17) is 9.52 Å². The van der Waals surface area contributed by atoms with Crippen molar-refractivity contribution in [1.29, 1.82) is 0 Å². The summed E-state index contributed by atoms with van der Waals surface area (Å²) < 4.78 is 8.65. The predicted molar refractivity (Wildman–Crippen MR) is 135 cm³/mol. The average molecular weight is 488 g/mol. The molecular weight excluding hydrogens is 462 g/mol. The molecule has 8 nitrogen and oxygen atoms in total. The normalized spacial score (nSPS) is 11.3. The fourth-order valence-electron chi connectivity index (χ4n) is 4.21. The summed E-state index contributed by atoms with van der Waals surface area (Å²) in [5, 5.41) is 9.43. The molecule has 0 spiro atoms. The maximum atomic E-state index is 13.7. The van der Waals surface area contributed by atoms with Crippen LogP contribution in [0.25, 0.3) is 21.9 Å². The summed E-state index contributed by atoms with van der Waals surface area (Å²) >= 11 is 1.34. The zero-order chi connectivity index (χ0) is 24.5. The topological polar surface area (TPSA) is 94.4 Å². The Hall–Kier alpha value is -3.98. The van der Waals surface area contributed by atoms with Crippen molar-refractivity contribution in [2.75, 3.05) is 0 Å². The van der Waals surface area contributed by atoms with E-state index in [0.29, 0.717) is 39.9 Å². The molecule has 9 heteroatoms. The number of thiazole rings is 1. The van der Waals surface area contributed by atoms with E-state index < -0.39 is 0 Å². The number of carbonyl (C=O) groups excluding carboxylic acids is 1. The number of hydrogen-bond donors (Lipinski definition) is 1. The maximum absolute atomic E-state index is 13.7. The van der Waals surface area contributed by atoms with Crippen LogP contribution in [0.1, 0.15) is 35.3 Å². The number of rotatable bonds is 7. The van der Waals surface area contributed by atoms with Gasteiger partial charge in [0.2, 0.25) is 5.91 Å². The molecule has 0 bridgehead atoms. The minimum absolute atomic E-state index is 0.0577. The molecule has 0 aliphatic heterocycles. The monoisotopic (exact) mass is 487 g/mol. The molecule has 0 fully saturated rings. The number of fused-ring (bicyclic) bond motifs is 1. The zero-order valence-corrected chi connectivity index (χ0v) is 20.6. The van der Waals surface area contributed by atoms with E-state index in [9.17, 15) is 9.59 Å². The van der Waals surface area contributed by atoms with Crippen LogP contribution in [-0.2, 0) is 24.2 Å². The summed E-state index contributed by atoms with van der Waals surface area (Å²) in [6.07, 6.45) is 2.50. The van der Waals surface area contributed by atoms with Gasteiger partial charge in [0, 0.05) is 16.8 Å². The third-order valence-electron chi connectivity index (χ3n) is 5.95. The van der Waals surface area contributed by atoms with Crippen molar-refractivity contribution in [3.05, 3.63) is 92.9 Å². The van der Waals surface area contributed by atoms with Gasteiger partial charge in [-0.2, -0.15) is 5.10 Å². The first kappa shape index (κ1) is 22.8. The second kappa shape index (κ2) is 9.34. The molecule has 0 aliphatic rings. The average Bonchev–Trinajstić information content (AvgIpc) is 3.58. The highest BCUT2D eigenvalue weighted by atomic mass is 32.1. The van der Waals surface area contributed by atoms with Crippen molar-refractivity contribution in [1.82, 2.24) is 24.5 Å². The van der Waals surface area contributed by atoms with Crippen LogP contribution in [0.5, 0.6) is 0 Å². The minimum atomic E-state index is -0.226. The van der Waals surface area contributed by atoms with E-state index >= 15 is 0 Å². The summed E-state index contributed by atoms with van der Waals surface area (Å²) in [4.78, 5) is 31.4. The van der Waals surface area contributed by atoms with Crippen LogP contribution >= 0.6 is 11.3 Å². The molecule has 178 valence electrons. The Bertz CT molecular complexity index is 1580. The predicted octanol–water partition coefficient (Wildman–Crippen LogP) is 4.24. The van der Waals surface area contributed by atoms with Gasteiger partial charge in [-0.1, -0.05) is 25.1 Å². The van der Waals surface area contributed by atoms with Gasteiger partial charge in [0.05, 0.1) is 36.2 Å². The Kier molecular flexibility index (Phi) is 6.08. The lowest BCUT2D eigenvalue weighted by Crippen LogP contribution is -2.27. The van der Waals surface area contributed by atoms with E-state index in [-0.39, 0.29) is 17.9 Å². The van der Waals surface area contributed by atoms with Crippen molar-refractivity contribution < 1.29 is 9.21 Å². The Morgan fingerprint density at radius 2 is 2.00 bits per heavy atom. The molecule has 35 heavy (non-hydrogen) atoms. The lowest BCUT2D eigenvalue weighted by molar-refractivity contribution is -0.120. The number of benzene rings is 1. The van der Waals surface area contributed by atoms with Gasteiger partial charge in [0.1, 0.15) is 11.5 Å². The molecule has 4 aromatic heterocycles. The molecule has 4 heterocycles. The molecule has 0 saturated carbocycles. The Morgan fingerprint density at radius 3 is 2.77 bits per heavy atom. The van der Waals surface area contributed by atoms with Crippen LogP contribution < -0.4 is 10.9 Å². The summed E-state index contributed by atoms with van der Waals surface area (Å²) in [5.74, 6) is 0.465. The maximum Gasteiger partial charge on any atom is 0.268 e. The highest BCUT2D eigenvalue weighted by molar-refractivity contribution is 7.15. The number of carbonyl (C=O) groups is 1. The first-order valence-electron chi connectivity index (χ1n) is 11.4. The van der Waals surface area contributed by atoms with E-state index in [1.54, 1.807) is 23.8 Å². The van der Waals surface area contributed by atoms with Crippen molar-refractivity contribution >= 4 is 22.2 Å². The second-order valence-electron chi connectivity index (χ2n) is 8.32. The SMILES string of the molecule is CCc1ccccc1-n1nc(-c2c(C)nc3scc(CC(=O)NCc4ccco4)n3c2=O)cc1C. The Balaban J connectivity index is 1.51. The highest BCUT2D eigenvalue weighted by Gasteiger charge is 2.20. The van der Waals surface area contributed by atoms with Crippen LogP contribution in [-0.4, -0.2) is 25.1 Å². The van der Waals surface area contributed by atoms with E-state index in [1.807, 2.05) is 42.8 Å². The van der Waals surface area contributed by atoms with Crippen molar-refractivity contribution in [2.45, 2.75) is 40.2 Å². The smallest absolute Gasteiger partial charge is 0.268 e. The third-order valence-corrected chi connectivity index (χ3v) is 6.82. The molecule has 0 aliphatic carbocycles. The number of nitrogens with one attached hydrogen (secondary N) is 1. The number of amides is 1. The quantitative estimate of drug-likeness (QED) is 0.371. The van der Waals surface area contributed by atoms with Gasteiger partial charge in [0.25, 0.3) is 5.56 Å². The first-order valence-corrected chi connectivity index (χ1v) is 12.3. The van der Waals surface area contributed by atoms with E-state index in [1.165, 1.54) is 21.3 Å². The number of para-hydroxylation sites is 1. The van der Waals surface area contributed by atoms with Crippen molar-refractivity contribution in [3.63, 3.8) is 0 Å². The number of hydrogen-bond acceptors (Lipinski definition) is 6. The summed E-state index contributed by atoms with van der Waals surface area (Å²) in [6, 6.07) is 13.6. The molecule has 0 saturated heterocycles. The first-order chi connectivity index (χ1) is 17.0. The molecule has 0 atom stereocenters. The van der Waals surface area contributed by atoms with E-state index in [0.717, 1.165) is 17.8 Å². The number of aromatic nitrogens is 4. The van der Waals surface area contributed by atoms with E-state index in [2.05, 4.69) is 23.3 Å². The third kappa shape index (κ3) is 4.30. The van der Waals surface area contributed by atoms with Crippen LogP contribution in [0.4, 0.5) is 0 Å².